The third-order valence-corrected chi connectivity index (χ3v) is 4.19. The van der Waals surface area contributed by atoms with Crippen molar-refractivity contribution in [1.82, 2.24) is 0 Å². The first-order chi connectivity index (χ1) is 10.8. The molecule has 0 aromatic heterocycles. The van der Waals surface area contributed by atoms with Crippen LogP contribution in [0, 0.1) is 0 Å². The average Bonchev–Trinajstić information content (AvgIpc) is 2.51. The molecule has 0 bridgehead atoms. The first-order valence-corrected chi connectivity index (χ1v) is 9.86. The molecule has 0 fully saturated rings. The fraction of sp³-hybridized carbons (Fsp3) is 0.810. The van der Waals surface area contributed by atoms with Gasteiger partial charge in [0, 0.05) is 6.04 Å². The van der Waals surface area contributed by atoms with Crippen molar-refractivity contribution in [3.05, 3.63) is 24.3 Å². The van der Waals surface area contributed by atoms with E-state index in [0.29, 0.717) is 6.04 Å². The number of hydrogen-bond acceptors (Lipinski definition) is 1. The molecule has 1 nitrogen and oxygen atoms in total. The van der Waals surface area contributed by atoms with Gasteiger partial charge in [0.25, 0.3) is 0 Å². The molecule has 0 aromatic rings. The van der Waals surface area contributed by atoms with E-state index in [0.717, 1.165) is 6.42 Å². The third kappa shape index (κ3) is 17.5. The van der Waals surface area contributed by atoms with Crippen LogP contribution in [0.2, 0.25) is 0 Å². The topological polar surface area (TPSA) is 26.0 Å². The highest BCUT2D eigenvalue weighted by molar-refractivity contribution is 4.92. The minimum Gasteiger partial charge on any atom is -0.328 e. The van der Waals surface area contributed by atoms with Gasteiger partial charge in [-0.2, -0.15) is 0 Å². The SMILES string of the molecule is CCCCCC=CCC=CCCCCCCCC(N)CCC. The Hall–Kier alpha value is -0.560. The lowest BCUT2D eigenvalue weighted by molar-refractivity contribution is 0.510. The van der Waals surface area contributed by atoms with Crippen LogP contribution >= 0.6 is 0 Å². The van der Waals surface area contributed by atoms with E-state index in [-0.39, 0.29) is 0 Å². The summed E-state index contributed by atoms with van der Waals surface area (Å²) in [5.74, 6) is 0. The molecule has 0 aliphatic rings. The molecule has 0 aliphatic carbocycles. The second kappa shape index (κ2) is 18.5. The van der Waals surface area contributed by atoms with E-state index in [4.69, 9.17) is 5.73 Å². The smallest absolute Gasteiger partial charge is 0.00387 e. The van der Waals surface area contributed by atoms with Gasteiger partial charge in [-0.1, -0.05) is 83.1 Å². The van der Waals surface area contributed by atoms with Crippen LogP contribution in [0.15, 0.2) is 24.3 Å². The van der Waals surface area contributed by atoms with Gasteiger partial charge in [0.05, 0.1) is 0 Å². The summed E-state index contributed by atoms with van der Waals surface area (Å²) >= 11 is 0. The summed E-state index contributed by atoms with van der Waals surface area (Å²) in [4.78, 5) is 0. The highest BCUT2D eigenvalue weighted by Gasteiger charge is 1.99. The minimum absolute atomic E-state index is 0.447. The number of unbranched alkanes of at least 4 members (excludes halogenated alkanes) is 8. The average molecular weight is 308 g/mol. The first kappa shape index (κ1) is 21.4. The number of allylic oxidation sites excluding steroid dienone is 4. The summed E-state index contributed by atoms with van der Waals surface area (Å²) < 4.78 is 0. The molecule has 0 spiro atoms. The van der Waals surface area contributed by atoms with Crippen LogP contribution in [-0.2, 0) is 0 Å². The highest BCUT2D eigenvalue weighted by Crippen LogP contribution is 2.10. The Balaban J connectivity index is 3.20. The molecule has 1 heteroatoms. The van der Waals surface area contributed by atoms with E-state index in [1.807, 2.05) is 0 Å². The maximum atomic E-state index is 6.02. The Kier molecular flexibility index (Phi) is 18.0. The highest BCUT2D eigenvalue weighted by atomic mass is 14.6. The van der Waals surface area contributed by atoms with Crippen molar-refractivity contribution in [2.45, 2.75) is 110 Å². The molecule has 0 rings (SSSR count). The van der Waals surface area contributed by atoms with E-state index in [9.17, 15) is 0 Å². The summed E-state index contributed by atoms with van der Waals surface area (Å²) in [6.45, 7) is 4.48. The van der Waals surface area contributed by atoms with E-state index in [1.165, 1.54) is 83.5 Å². The largest absolute Gasteiger partial charge is 0.328 e. The Labute approximate surface area is 140 Å². The van der Waals surface area contributed by atoms with Crippen LogP contribution in [0.4, 0.5) is 0 Å². The van der Waals surface area contributed by atoms with E-state index in [1.54, 1.807) is 0 Å². The van der Waals surface area contributed by atoms with E-state index in [2.05, 4.69) is 38.2 Å². The van der Waals surface area contributed by atoms with Crippen LogP contribution in [0.25, 0.3) is 0 Å². The summed E-state index contributed by atoms with van der Waals surface area (Å²) in [6.07, 6.45) is 27.4. The van der Waals surface area contributed by atoms with Crippen LogP contribution in [-0.4, -0.2) is 6.04 Å². The molecule has 1 unspecified atom stereocenters. The zero-order valence-corrected chi connectivity index (χ0v) is 15.4. The summed E-state index contributed by atoms with van der Waals surface area (Å²) in [7, 11) is 0. The number of rotatable bonds is 16. The van der Waals surface area contributed by atoms with Crippen LogP contribution in [0.3, 0.4) is 0 Å². The predicted molar refractivity (Wildman–Crippen MR) is 102 cm³/mol. The molecule has 0 aromatic carbocycles. The zero-order chi connectivity index (χ0) is 16.3. The van der Waals surface area contributed by atoms with Gasteiger partial charge in [-0.25, -0.2) is 0 Å². The lowest BCUT2D eigenvalue weighted by Gasteiger charge is -2.09. The van der Waals surface area contributed by atoms with Gasteiger partial charge in [-0.3, -0.25) is 0 Å². The van der Waals surface area contributed by atoms with Gasteiger partial charge in [0.15, 0.2) is 0 Å². The molecule has 22 heavy (non-hydrogen) atoms. The Morgan fingerprint density at radius 1 is 0.636 bits per heavy atom. The van der Waals surface area contributed by atoms with Crippen molar-refractivity contribution in [3.8, 4) is 0 Å². The second-order valence-electron chi connectivity index (χ2n) is 6.57. The fourth-order valence-electron chi connectivity index (χ4n) is 2.73. The molecule has 130 valence electrons. The first-order valence-electron chi connectivity index (χ1n) is 9.86. The van der Waals surface area contributed by atoms with Gasteiger partial charge < -0.3 is 5.73 Å². The minimum atomic E-state index is 0.447. The Morgan fingerprint density at radius 3 is 1.86 bits per heavy atom. The number of hydrogen-bond donors (Lipinski definition) is 1. The van der Waals surface area contributed by atoms with Gasteiger partial charge in [0.1, 0.15) is 0 Å². The lowest BCUT2D eigenvalue weighted by Crippen LogP contribution is -2.18. The van der Waals surface area contributed by atoms with Crippen LogP contribution in [0.5, 0.6) is 0 Å². The molecule has 0 saturated heterocycles. The van der Waals surface area contributed by atoms with Crippen molar-refractivity contribution in [1.29, 1.82) is 0 Å². The maximum Gasteiger partial charge on any atom is 0.00387 e. The monoisotopic (exact) mass is 307 g/mol. The van der Waals surface area contributed by atoms with Crippen molar-refractivity contribution < 1.29 is 0 Å². The van der Waals surface area contributed by atoms with Gasteiger partial charge >= 0.3 is 0 Å². The molecule has 0 radical (unpaired) electrons. The molecule has 2 N–H and O–H groups in total. The van der Waals surface area contributed by atoms with E-state index >= 15 is 0 Å². The van der Waals surface area contributed by atoms with Crippen molar-refractivity contribution in [2.75, 3.05) is 0 Å². The van der Waals surface area contributed by atoms with Gasteiger partial charge in [0.2, 0.25) is 0 Å². The molecular weight excluding hydrogens is 266 g/mol. The number of nitrogens with two attached hydrogens (primary N) is 1. The molecule has 0 saturated carbocycles. The van der Waals surface area contributed by atoms with Gasteiger partial charge in [-0.05, 0) is 44.9 Å². The molecule has 0 aliphatic heterocycles. The van der Waals surface area contributed by atoms with Crippen LogP contribution < -0.4 is 5.73 Å². The summed E-state index contributed by atoms with van der Waals surface area (Å²) in [6, 6.07) is 0.447. The summed E-state index contributed by atoms with van der Waals surface area (Å²) in [5.41, 5.74) is 6.02. The fourth-order valence-corrected chi connectivity index (χ4v) is 2.73. The Bertz CT molecular complexity index is 255. The summed E-state index contributed by atoms with van der Waals surface area (Å²) in [5, 5.41) is 0. The van der Waals surface area contributed by atoms with Crippen molar-refractivity contribution in [2.24, 2.45) is 5.73 Å². The molecular formula is C21H41N. The van der Waals surface area contributed by atoms with E-state index < -0.39 is 0 Å². The zero-order valence-electron chi connectivity index (χ0n) is 15.4. The lowest BCUT2D eigenvalue weighted by atomic mass is 10.0. The van der Waals surface area contributed by atoms with Crippen molar-refractivity contribution in [3.63, 3.8) is 0 Å². The third-order valence-electron chi connectivity index (χ3n) is 4.19. The predicted octanol–water partition coefficient (Wildman–Crippen LogP) is 6.93. The van der Waals surface area contributed by atoms with Crippen molar-refractivity contribution >= 4 is 0 Å². The molecule has 0 amide bonds. The second-order valence-corrected chi connectivity index (χ2v) is 6.57. The standard InChI is InChI=1S/C21H41N/c1-3-5-6-7-8-9-10-11-12-13-14-15-16-17-18-20-21(22)19-4-2/h8-9,11-12,21H,3-7,10,13-20,22H2,1-2H3. The maximum absolute atomic E-state index is 6.02. The Morgan fingerprint density at radius 2 is 1.23 bits per heavy atom. The molecule has 1 atom stereocenters. The van der Waals surface area contributed by atoms with Crippen LogP contribution in [0.1, 0.15) is 104 Å². The quantitative estimate of drug-likeness (QED) is 0.243. The normalized spacial score (nSPS) is 13.4. The van der Waals surface area contributed by atoms with Gasteiger partial charge in [-0.15, -0.1) is 0 Å². The molecule has 0 heterocycles.